The van der Waals surface area contributed by atoms with Crippen molar-refractivity contribution in [3.8, 4) is 5.88 Å². The third-order valence-corrected chi connectivity index (χ3v) is 5.15. The first-order valence-electron chi connectivity index (χ1n) is 9.69. The molecule has 1 aromatic heterocycles. The Kier molecular flexibility index (Phi) is 5.22. The van der Waals surface area contributed by atoms with Gasteiger partial charge in [0.1, 0.15) is 6.33 Å². The summed E-state index contributed by atoms with van der Waals surface area (Å²) in [6.07, 6.45) is 4.53. The first-order valence-corrected chi connectivity index (χ1v) is 9.69. The molecule has 0 N–H and O–H groups in total. The van der Waals surface area contributed by atoms with E-state index >= 15 is 0 Å². The summed E-state index contributed by atoms with van der Waals surface area (Å²) in [5.41, 5.74) is 2.15. The fourth-order valence-electron chi connectivity index (χ4n) is 3.80. The SMILES string of the molecule is CC(C)Oc1ncnc2ccc(N3CCN(CC4CCCO4)CC3)cc12. The molecule has 0 aliphatic carbocycles. The first kappa shape index (κ1) is 17.5. The normalized spacial score (nSPS) is 21.7. The molecule has 0 spiro atoms. The van der Waals surface area contributed by atoms with Crippen molar-refractivity contribution in [3.05, 3.63) is 24.5 Å². The average molecular weight is 356 g/mol. The molecule has 0 saturated carbocycles. The summed E-state index contributed by atoms with van der Waals surface area (Å²) in [6.45, 7) is 10.3. The maximum absolute atomic E-state index is 5.87. The van der Waals surface area contributed by atoms with Gasteiger partial charge in [-0.2, -0.15) is 0 Å². The third-order valence-electron chi connectivity index (χ3n) is 5.15. The van der Waals surface area contributed by atoms with Crippen LogP contribution in [0.15, 0.2) is 24.5 Å². The Morgan fingerprint density at radius 2 is 2.04 bits per heavy atom. The minimum atomic E-state index is 0.0955. The molecule has 2 aromatic rings. The Morgan fingerprint density at radius 1 is 1.19 bits per heavy atom. The summed E-state index contributed by atoms with van der Waals surface area (Å²) in [5.74, 6) is 0.670. The number of aromatic nitrogens is 2. The molecule has 1 atom stereocenters. The topological polar surface area (TPSA) is 50.7 Å². The van der Waals surface area contributed by atoms with E-state index in [2.05, 4.69) is 38.0 Å². The van der Waals surface area contributed by atoms with Gasteiger partial charge in [-0.1, -0.05) is 0 Å². The highest BCUT2D eigenvalue weighted by atomic mass is 16.5. The van der Waals surface area contributed by atoms with Crippen LogP contribution in [0.2, 0.25) is 0 Å². The number of ether oxygens (including phenoxy) is 2. The lowest BCUT2D eigenvalue weighted by atomic mass is 10.1. The van der Waals surface area contributed by atoms with Gasteiger partial charge in [-0.05, 0) is 44.9 Å². The van der Waals surface area contributed by atoms with E-state index in [1.807, 2.05) is 13.8 Å². The molecule has 4 rings (SSSR count). The highest BCUT2D eigenvalue weighted by molar-refractivity contribution is 5.86. The highest BCUT2D eigenvalue weighted by Gasteiger charge is 2.23. The quantitative estimate of drug-likeness (QED) is 0.821. The molecule has 1 aromatic carbocycles. The minimum absolute atomic E-state index is 0.0955. The van der Waals surface area contributed by atoms with Crippen LogP contribution in [0.4, 0.5) is 5.69 Å². The summed E-state index contributed by atoms with van der Waals surface area (Å²) in [7, 11) is 0. The van der Waals surface area contributed by atoms with Crippen LogP contribution in [0.5, 0.6) is 5.88 Å². The molecular formula is C20H28N4O2. The van der Waals surface area contributed by atoms with Gasteiger partial charge in [0, 0.05) is 45.0 Å². The number of anilines is 1. The molecule has 0 amide bonds. The largest absolute Gasteiger partial charge is 0.474 e. The molecule has 26 heavy (non-hydrogen) atoms. The zero-order valence-electron chi connectivity index (χ0n) is 15.7. The standard InChI is InChI=1S/C20H28N4O2/c1-15(2)26-20-18-12-16(5-6-19(18)21-14-22-20)24-9-7-23(8-10-24)13-17-4-3-11-25-17/h5-6,12,14-15,17H,3-4,7-11,13H2,1-2H3. The van der Waals surface area contributed by atoms with Gasteiger partial charge in [-0.25, -0.2) is 9.97 Å². The zero-order chi connectivity index (χ0) is 17.9. The van der Waals surface area contributed by atoms with Crippen LogP contribution in [-0.4, -0.2) is 66.4 Å². The van der Waals surface area contributed by atoms with Crippen LogP contribution in [-0.2, 0) is 4.74 Å². The summed E-state index contributed by atoms with van der Waals surface area (Å²) in [6, 6.07) is 6.39. The number of benzene rings is 1. The molecule has 6 heteroatoms. The van der Waals surface area contributed by atoms with Crippen molar-refractivity contribution in [1.29, 1.82) is 0 Å². The van der Waals surface area contributed by atoms with Gasteiger partial charge in [0.2, 0.25) is 5.88 Å². The Morgan fingerprint density at radius 3 is 2.77 bits per heavy atom. The van der Waals surface area contributed by atoms with Crippen molar-refractivity contribution in [2.75, 3.05) is 44.2 Å². The fourth-order valence-corrected chi connectivity index (χ4v) is 3.80. The van der Waals surface area contributed by atoms with Crippen molar-refractivity contribution in [2.24, 2.45) is 0 Å². The molecule has 2 aliphatic heterocycles. The third kappa shape index (κ3) is 3.91. The van der Waals surface area contributed by atoms with Crippen molar-refractivity contribution in [1.82, 2.24) is 14.9 Å². The van der Waals surface area contributed by atoms with E-state index in [0.717, 1.165) is 50.2 Å². The van der Waals surface area contributed by atoms with E-state index in [4.69, 9.17) is 9.47 Å². The number of fused-ring (bicyclic) bond motifs is 1. The Bertz CT molecular complexity index is 738. The summed E-state index contributed by atoms with van der Waals surface area (Å²) >= 11 is 0. The zero-order valence-corrected chi connectivity index (χ0v) is 15.7. The second kappa shape index (κ2) is 7.76. The predicted molar refractivity (Wildman–Crippen MR) is 103 cm³/mol. The Labute approximate surface area is 155 Å². The second-order valence-corrected chi connectivity index (χ2v) is 7.47. The van der Waals surface area contributed by atoms with E-state index in [1.165, 1.54) is 18.5 Å². The molecule has 140 valence electrons. The van der Waals surface area contributed by atoms with Gasteiger partial charge in [-0.3, -0.25) is 4.90 Å². The molecule has 2 saturated heterocycles. The van der Waals surface area contributed by atoms with Gasteiger partial charge in [0.25, 0.3) is 0 Å². The van der Waals surface area contributed by atoms with Crippen LogP contribution in [0.25, 0.3) is 10.9 Å². The first-order chi connectivity index (χ1) is 12.7. The van der Waals surface area contributed by atoms with Gasteiger partial charge < -0.3 is 14.4 Å². The summed E-state index contributed by atoms with van der Waals surface area (Å²) in [5, 5.41) is 0.987. The number of hydrogen-bond donors (Lipinski definition) is 0. The van der Waals surface area contributed by atoms with Crippen molar-refractivity contribution < 1.29 is 9.47 Å². The highest BCUT2D eigenvalue weighted by Crippen LogP contribution is 2.28. The van der Waals surface area contributed by atoms with Crippen LogP contribution in [0, 0.1) is 0 Å². The predicted octanol–water partition coefficient (Wildman–Crippen LogP) is 2.72. The van der Waals surface area contributed by atoms with Crippen LogP contribution in [0.3, 0.4) is 0 Å². The smallest absolute Gasteiger partial charge is 0.224 e. The van der Waals surface area contributed by atoms with Gasteiger partial charge in [0.15, 0.2) is 0 Å². The van der Waals surface area contributed by atoms with Crippen molar-refractivity contribution in [2.45, 2.75) is 38.9 Å². The summed E-state index contributed by atoms with van der Waals surface area (Å²) < 4.78 is 11.6. The maximum atomic E-state index is 5.87. The average Bonchev–Trinajstić information content (AvgIpc) is 3.15. The molecule has 2 fully saturated rings. The van der Waals surface area contributed by atoms with Crippen LogP contribution >= 0.6 is 0 Å². The lowest BCUT2D eigenvalue weighted by Gasteiger charge is -2.37. The van der Waals surface area contributed by atoms with E-state index in [1.54, 1.807) is 6.33 Å². The van der Waals surface area contributed by atoms with E-state index in [0.29, 0.717) is 12.0 Å². The minimum Gasteiger partial charge on any atom is -0.474 e. The van der Waals surface area contributed by atoms with E-state index in [9.17, 15) is 0 Å². The number of hydrogen-bond acceptors (Lipinski definition) is 6. The molecule has 6 nitrogen and oxygen atoms in total. The van der Waals surface area contributed by atoms with Gasteiger partial charge >= 0.3 is 0 Å². The van der Waals surface area contributed by atoms with Gasteiger partial charge in [-0.15, -0.1) is 0 Å². The molecular weight excluding hydrogens is 328 g/mol. The molecule has 2 aliphatic rings. The monoisotopic (exact) mass is 356 g/mol. The molecule has 0 radical (unpaired) electrons. The lowest BCUT2D eigenvalue weighted by Crippen LogP contribution is -2.48. The molecule has 3 heterocycles. The Balaban J connectivity index is 1.45. The van der Waals surface area contributed by atoms with E-state index in [-0.39, 0.29) is 6.10 Å². The van der Waals surface area contributed by atoms with Crippen molar-refractivity contribution in [3.63, 3.8) is 0 Å². The number of piperazine rings is 1. The number of rotatable bonds is 5. The summed E-state index contributed by atoms with van der Waals surface area (Å²) in [4.78, 5) is 13.7. The molecule has 0 bridgehead atoms. The van der Waals surface area contributed by atoms with Crippen LogP contribution in [0.1, 0.15) is 26.7 Å². The van der Waals surface area contributed by atoms with Crippen molar-refractivity contribution >= 4 is 16.6 Å². The molecule has 1 unspecified atom stereocenters. The maximum Gasteiger partial charge on any atom is 0.224 e. The lowest BCUT2D eigenvalue weighted by molar-refractivity contribution is 0.0713. The van der Waals surface area contributed by atoms with Crippen LogP contribution < -0.4 is 9.64 Å². The second-order valence-electron chi connectivity index (χ2n) is 7.47. The van der Waals surface area contributed by atoms with E-state index < -0.39 is 0 Å². The Hall–Kier alpha value is -1.92. The number of nitrogens with zero attached hydrogens (tertiary/aromatic N) is 4. The van der Waals surface area contributed by atoms with Gasteiger partial charge in [0.05, 0.1) is 23.1 Å². The fraction of sp³-hybridized carbons (Fsp3) is 0.600.